The number of β-amino-alcohol motifs (C(OH)–C–C–N with tert-alkyl or cyclic N) is 1. The van der Waals surface area contributed by atoms with Crippen LogP contribution in [0.1, 0.15) is 29.0 Å². The Kier molecular flexibility index (Phi) is 3.81. The standard InChI is InChI=1S/C12H17NO4/c1-16-12(15)10-4-6-17-11(10)8-13-5-2-3-9(14)7-13/h4,6,9,14H,2-3,5,7-8H2,1H3/t9-/m0/s1. The van der Waals surface area contributed by atoms with Crippen LogP contribution in [0.15, 0.2) is 16.7 Å². The highest BCUT2D eigenvalue weighted by Crippen LogP contribution is 2.17. The second kappa shape index (κ2) is 5.33. The van der Waals surface area contributed by atoms with E-state index in [0.717, 1.165) is 19.4 Å². The third-order valence-corrected chi connectivity index (χ3v) is 3.00. The maximum absolute atomic E-state index is 11.5. The number of likely N-dealkylation sites (tertiary alicyclic amines) is 1. The SMILES string of the molecule is COC(=O)c1ccoc1CN1CCC[C@H](O)C1. The summed E-state index contributed by atoms with van der Waals surface area (Å²) >= 11 is 0. The molecule has 1 fully saturated rings. The minimum Gasteiger partial charge on any atom is -0.467 e. The highest BCUT2D eigenvalue weighted by molar-refractivity contribution is 5.90. The van der Waals surface area contributed by atoms with E-state index in [1.807, 2.05) is 0 Å². The molecule has 1 aromatic heterocycles. The highest BCUT2D eigenvalue weighted by Gasteiger charge is 2.22. The molecular weight excluding hydrogens is 222 g/mol. The zero-order chi connectivity index (χ0) is 12.3. The fourth-order valence-corrected chi connectivity index (χ4v) is 2.13. The molecule has 1 N–H and O–H groups in total. The van der Waals surface area contributed by atoms with Gasteiger partial charge in [0.25, 0.3) is 0 Å². The summed E-state index contributed by atoms with van der Waals surface area (Å²) in [5, 5.41) is 9.57. The lowest BCUT2D eigenvalue weighted by molar-refractivity contribution is 0.0573. The molecule has 1 atom stereocenters. The van der Waals surface area contributed by atoms with Crippen molar-refractivity contribution in [2.75, 3.05) is 20.2 Å². The maximum atomic E-state index is 11.5. The van der Waals surface area contributed by atoms with Crippen LogP contribution in [0.2, 0.25) is 0 Å². The highest BCUT2D eigenvalue weighted by atomic mass is 16.5. The summed E-state index contributed by atoms with van der Waals surface area (Å²) in [6.45, 7) is 2.08. The van der Waals surface area contributed by atoms with Crippen molar-refractivity contribution < 1.29 is 19.1 Å². The van der Waals surface area contributed by atoms with Gasteiger partial charge in [-0.3, -0.25) is 4.90 Å². The summed E-state index contributed by atoms with van der Waals surface area (Å²) < 4.78 is 9.98. The average Bonchev–Trinajstić information content (AvgIpc) is 2.76. The number of methoxy groups -OCH3 is 1. The van der Waals surface area contributed by atoms with Gasteiger partial charge in [0.1, 0.15) is 11.3 Å². The van der Waals surface area contributed by atoms with Crippen LogP contribution in [0.25, 0.3) is 0 Å². The van der Waals surface area contributed by atoms with Crippen LogP contribution in [-0.4, -0.2) is 42.3 Å². The Morgan fingerprint density at radius 3 is 3.24 bits per heavy atom. The summed E-state index contributed by atoms with van der Waals surface area (Å²) in [5.41, 5.74) is 0.465. The number of piperidine rings is 1. The number of nitrogens with zero attached hydrogens (tertiary/aromatic N) is 1. The third kappa shape index (κ3) is 2.87. The molecule has 0 saturated carbocycles. The smallest absolute Gasteiger partial charge is 0.341 e. The van der Waals surface area contributed by atoms with Gasteiger partial charge in [0, 0.05) is 6.54 Å². The lowest BCUT2D eigenvalue weighted by Gasteiger charge is -2.29. The Balaban J connectivity index is 2.03. The molecule has 1 saturated heterocycles. The molecule has 5 nitrogen and oxygen atoms in total. The minimum atomic E-state index is -0.383. The van der Waals surface area contributed by atoms with E-state index >= 15 is 0 Å². The predicted octanol–water partition coefficient (Wildman–Crippen LogP) is 1.02. The Bertz CT molecular complexity index is 388. The Labute approximate surface area is 100.0 Å². The second-order valence-corrected chi connectivity index (χ2v) is 4.28. The van der Waals surface area contributed by atoms with Crippen molar-refractivity contribution in [1.29, 1.82) is 0 Å². The Morgan fingerprint density at radius 1 is 1.71 bits per heavy atom. The zero-order valence-electron chi connectivity index (χ0n) is 9.89. The van der Waals surface area contributed by atoms with Gasteiger partial charge in [-0.05, 0) is 25.5 Å². The van der Waals surface area contributed by atoms with Gasteiger partial charge < -0.3 is 14.3 Å². The number of aliphatic hydroxyl groups excluding tert-OH is 1. The molecule has 0 aliphatic carbocycles. The van der Waals surface area contributed by atoms with Gasteiger partial charge in [-0.2, -0.15) is 0 Å². The van der Waals surface area contributed by atoms with E-state index in [0.29, 0.717) is 24.4 Å². The van der Waals surface area contributed by atoms with E-state index in [1.165, 1.54) is 13.4 Å². The lowest BCUT2D eigenvalue weighted by Crippen LogP contribution is -2.37. The van der Waals surface area contributed by atoms with Crippen LogP contribution < -0.4 is 0 Å². The number of carbonyl (C=O) groups is 1. The van der Waals surface area contributed by atoms with Crippen molar-refractivity contribution >= 4 is 5.97 Å². The molecule has 0 bridgehead atoms. The molecule has 17 heavy (non-hydrogen) atoms. The van der Waals surface area contributed by atoms with Crippen LogP contribution in [0, 0.1) is 0 Å². The quantitative estimate of drug-likeness (QED) is 0.798. The van der Waals surface area contributed by atoms with Gasteiger partial charge >= 0.3 is 5.97 Å². The largest absolute Gasteiger partial charge is 0.467 e. The first-order valence-electron chi connectivity index (χ1n) is 5.76. The van der Waals surface area contributed by atoms with Crippen molar-refractivity contribution in [3.8, 4) is 0 Å². The second-order valence-electron chi connectivity index (χ2n) is 4.28. The fraction of sp³-hybridized carbons (Fsp3) is 0.583. The van der Waals surface area contributed by atoms with Crippen molar-refractivity contribution in [3.63, 3.8) is 0 Å². The Hall–Kier alpha value is -1.33. The van der Waals surface area contributed by atoms with Crippen molar-refractivity contribution in [3.05, 3.63) is 23.7 Å². The summed E-state index contributed by atoms with van der Waals surface area (Å²) in [6.07, 6.45) is 3.02. The van der Waals surface area contributed by atoms with Gasteiger partial charge in [-0.15, -0.1) is 0 Å². The van der Waals surface area contributed by atoms with E-state index in [1.54, 1.807) is 6.07 Å². The van der Waals surface area contributed by atoms with Gasteiger partial charge in [0.15, 0.2) is 0 Å². The molecule has 1 aromatic rings. The molecule has 1 aliphatic heterocycles. The van der Waals surface area contributed by atoms with E-state index < -0.39 is 0 Å². The van der Waals surface area contributed by atoms with Crippen LogP contribution in [-0.2, 0) is 11.3 Å². The van der Waals surface area contributed by atoms with Crippen molar-refractivity contribution in [1.82, 2.24) is 4.90 Å². The molecule has 0 spiro atoms. The average molecular weight is 239 g/mol. The molecule has 0 aromatic carbocycles. The summed E-state index contributed by atoms with van der Waals surface area (Å²) in [5.74, 6) is 0.220. The first kappa shape index (κ1) is 12.1. The van der Waals surface area contributed by atoms with Crippen molar-refractivity contribution in [2.45, 2.75) is 25.5 Å². The molecule has 2 rings (SSSR count). The fourth-order valence-electron chi connectivity index (χ4n) is 2.13. The Morgan fingerprint density at radius 2 is 2.53 bits per heavy atom. The van der Waals surface area contributed by atoms with Gasteiger partial charge in [0.05, 0.1) is 26.0 Å². The maximum Gasteiger partial charge on any atom is 0.341 e. The van der Waals surface area contributed by atoms with E-state index in [-0.39, 0.29) is 12.1 Å². The topological polar surface area (TPSA) is 62.9 Å². The monoisotopic (exact) mass is 239 g/mol. The minimum absolute atomic E-state index is 0.278. The number of furan rings is 1. The molecule has 0 amide bonds. The van der Waals surface area contributed by atoms with Crippen LogP contribution in [0.5, 0.6) is 0 Å². The number of ether oxygens (including phenoxy) is 1. The summed E-state index contributed by atoms with van der Waals surface area (Å²) in [6, 6.07) is 1.61. The normalized spacial score (nSPS) is 21.4. The summed E-state index contributed by atoms with van der Waals surface area (Å²) in [4.78, 5) is 13.5. The van der Waals surface area contributed by atoms with Crippen LogP contribution in [0.4, 0.5) is 0 Å². The zero-order valence-corrected chi connectivity index (χ0v) is 9.89. The van der Waals surface area contributed by atoms with E-state index in [4.69, 9.17) is 4.42 Å². The molecule has 5 heteroatoms. The van der Waals surface area contributed by atoms with Gasteiger partial charge in [0.2, 0.25) is 0 Å². The molecule has 2 heterocycles. The molecule has 0 radical (unpaired) electrons. The number of aliphatic hydroxyl groups is 1. The molecule has 0 unspecified atom stereocenters. The van der Waals surface area contributed by atoms with Gasteiger partial charge in [-0.25, -0.2) is 4.79 Å². The molecular formula is C12H17NO4. The third-order valence-electron chi connectivity index (χ3n) is 3.00. The lowest BCUT2D eigenvalue weighted by atomic mass is 10.1. The van der Waals surface area contributed by atoms with Gasteiger partial charge in [-0.1, -0.05) is 0 Å². The van der Waals surface area contributed by atoms with Crippen LogP contribution >= 0.6 is 0 Å². The van der Waals surface area contributed by atoms with E-state index in [2.05, 4.69) is 9.64 Å². The predicted molar refractivity (Wildman–Crippen MR) is 60.6 cm³/mol. The first-order valence-corrected chi connectivity index (χ1v) is 5.76. The number of rotatable bonds is 3. The summed E-state index contributed by atoms with van der Waals surface area (Å²) in [7, 11) is 1.35. The first-order chi connectivity index (χ1) is 8.20. The number of hydrogen-bond donors (Lipinski definition) is 1. The van der Waals surface area contributed by atoms with Crippen LogP contribution in [0.3, 0.4) is 0 Å². The van der Waals surface area contributed by atoms with Crippen molar-refractivity contribution in [2.24, 2.45) is 0 Å². The number of carbonyl (C=O) groups excluding carboxylic acids is 1. The molecule has 94 valence electrons. The molecule has 1 aliphatic rings. The number of hydrogen-bond acceptors (Lipinski definition) is 5. The number of esters is 1. The van der Waals surface area contributed by atoms with E-state index in [9.17, 15) is 9.90 Å².